The van der Waals surface area contributed by atoms with E-state index in [4.69, 9.17) is 4.74 Å². The van der Waals surface area contributed by atoms with Gasteiger partial charge >= 0.3 is 5.97 Å². The summed E-state index contributed by atoms with van der Waals surface area (Å²) in [6.07, 6.45) is 4.68. The van der Waals surface area contributed by atoms with E-state index in [1.165, 1.54) is 0 Å². The van der Waals surface area contributed by atoms with Crippen LogP contribution in [0.4, 0.5) is 0 Å². The standard InChI is InChI=1S/C13H23NO3/c1-4-17-13(16)8-6-5-7-9-14-12(15)10-11(2)3/h10H,4-9H2,1-3H3,(H,14,15). The van der Waals surface area contributed by atoms with Gasteiger partial charge in [0.05, 0.1) is 6.61 Å². The highest BCUT2D eigenvalue weighted by molar-refractivity contribution is 5.87. The lowest BCUT2D eigenvalue weighted by Crippen LogP contribution is -2.22. The number of hydrogen-bond acceptors (Lipinski definition) is 3. The first-order valence-corrected chi connectivity index (χ1v) is 6.14. The molecule has 1 N–H and O–H groups in total. The average Bonchev–Trinajstić information content (AvgIpc) is 2.22. The number of amides is 1. The molecule has 0 unspecified atom stereocenters. The van der Waals surface area contributed by atoms with Crippen LogP contribution in [0.2, 0.25) is 0 Å². The quantitative estimate of drug-likeness (QED) is 0.402. The van der Waals surface area contributed by atoms with Gasteiger partial charge in [0.15, 0.2) is 0 Å². The lowest BCUT2D eigenvalue weighted by Gasteiger charge is -2.03. The van der Waals surface area contributed by atoms with Gasteiger partial charge < -0.3 is 10.1 Å². The predicted molar refractivity (Wildman–Crippen MR) is 67.5 cm³/mol. The lowest BCUT2D eigenvalue weighted by atomic mass is 10.2. The minimum atomic E-state index is -0.138. The maximum Gasteiger partial charge on any atom is 0.305 e. The van der Waals surface area contributed by atoms with E-state index in [0.717, 1.165) is 24.8 Å². The second-order valence-corrected chi connectivity index (χ2v) is 4.13. The van der Waals surface area contributed by atoms with Gasteiger partial charge in [-0.25, -0.2) is 0 Å². The zero-order valence-corrected chi connectivity index (χ0v) is 11.0. The van der Waals surface area contributed by atoms with Gasteiger partial charge in [0, 0.05) is 19.0 Å². The second-order valence-electron chi connectivity index (χ2n) is 4.13. The zero-order chi connectivity index (χ0) is 13.1. The highest BCUT2D eigenvalue weighted by Crippen LogP contribution is 2.00. The Bertz CT molecular complexity index is 268. The molecular formula is C13H23NO3. The highest BCUT2D eigenvalue weighted by atomic mass is 16.5. The molecule has 0 rings (SSSR count). The van der Waals surface area contributed by atoms with E-state index < -0.39 is 0 Å². The summed E-state index contributed by atoms with van der Waals surface area (Å²) in [5, 5.41) is 2.80. The molecule has 17 heavy (non-hydrogen) atoms. The van der Waals surface area contributed by atoms with Crippen LogP contribution in [0.15, 0.2) is 11.6 Å². The number of carbonyl (C=O) groups excluding carboxylic acids is 2. The van der Waals surface area contributed by atoms with Crippen molar-refractivity contribution >= 4 is 11.9 Å². The summed E-state index contributed by atoms with van der Waals surface area (Å²) >= 11 is 0. The van der Waals surface area contributed by atoms with Gasteiger partial charge in [0.2, 0.25) is 5.91 Å². The van der Waals surface area contributed by atoms with Crippen molar-refractivity contribution in [2.75, 3.05) is 13.2 Å². The van der Waals surface area contributed by atoms with Gasteiger partial charge in [-0.15, -0.1) is 0 Å². The van der Waals surface area contributed by atoms with Crippen molar-refractivity contribution in [3.8, 4) is 0 Å². The molecular weight excluding hydrogens is 218 g/mol. The minimum absolute atomic E-state index is 0.0459. The first kappa shape index (κ1) is 15.7. The van der Waals surface area contributed by atoms with Gasteiger partial charge in [-0.2, -0.15) is 0 Å². The topological polar surface area (TPSA) is 55.4 Å². The molecule has 0 radical (unpaired) electrons. The lowest BCUT2D eigenvalue weighted by molar-refractivity contribution is -0.143. The van der Waals surface area contributed by atoms with Crippen molar-refractivity contribution in [3.63, 3.8) is 0 Å². The number of unbranched alkanes of at least 4 members (excludes halogenated alkanes) is 2. The Morgan fingerprint density at radius 2 is 1.88 bits per heavy atom. The normalized spacial score (nSPS) is 9.59. The van der Waals surface area contributed by atoms with Gasteiger partial charge in [0.1, 0.15) is 0 Å². The van der Waals surface area contributed by atoms with E-state index >= 15 is 0 Å². The van der Waals surface area contributed by atoms with Crippen molar-refractivity contribution in [1.82, 2.24) is 5.32 Å². The molecule has 1 amide bonds. The number of carbonyl (C=O) groups is 2. The van der Waals surface area contributed by atoms with Gasteiger partial charge in [0.25, 0.3) is 0 Å². The van der Waals surface area contributed by atoms with Gasteiger partial charge in [-0.05, 0) is 33.6 Å². The number of allylic oxidation sites excluding steroid dienone is 1. The summed E-state index contributed by atoms with van der Waals surface area (Å²) in [5.74, 6) is -0.184. The largest absolute Gasteiger partial charge is 0.466 e. The molecule has 0 saturated carbocycles. The van der Waals surface area contributed by atoms with Crippen molar-refractivity contribution < 1.29 is 14.3 Å². The second kappa shape index (κ2) is 9.87. The monoisotopic (exact) mass is 241 g/mol. The maximum atomic E-state index is 11.2. The Balaban J connectivity index is 3.38. The first-order valence-electron chi connectivity index (χ1n) is 6.14. The molecule has 0 heterocycles. The number of hydrogen-bond donors (Lipinski definition) is 1. The molecule has 0 spiro atoms. The van der Waals surface area contributed by atoms with Crippen LogP contribution >= 0.6 is 0 Å². The Hall–Kier alpha value is -1.32. The summed E-state index contributed by atoms with van der Waals surface area (Å²) in [6.45, 7) is 6.68. The third kappa shape index (κ3) is 11.0. The molecule has 0 aromatic carbocycles. The van der Waals surface area contributed by atoms with Crippen LogP contribution in [0.5, 0.6) is 0 Å². The fourth-order valence-corrected chi connectivity index (χ4v) is 1.33. The summed E-state index contributed by atoms with van der Waals surface area (Å²) in [7, 11) is 0. The van der Waals surface area contributed by atoms with E-state index in [9.17, 15) is 9.59 Å². The van der Waals surface area contributed by atoms with Crippen molar-refractivity contribution in [3.05, 3.63) is 11.6 Å². The number of ether oxygens (including phenoxy) is 1. The molecule has 0 aromatic heterocycles. The van der Waals surface area contributed by atoms with Crippen LogP contribution < -0.4 is 5.32 Å². The van der Waals surface area contributed by atoms with Crippen molar-refractivity contribution in [2.24, 2.45) is 0 Å². The zero-order valence-electron chi connectivity index (χ0n) is 11.0. The van der Waals surface area contributed by atoms with E-state index in [1.807, 2.05) is 13.8 Å². The van der Waals surface area contributed by atoms with E-state index in [0.29, 0.717) is 19.6 Å². The predicted octanol–water partition coefficient (Wildman–Crippen LogP) is 2.19. The Kier molecular flexibility index (Phi) is 9.11. The Labute approximate surface area is 103 Å². The van der Waals surface area contributed by atoms with E-state index in [1.54, 1.807) is 13.0 Å². The summed E-state index contributed by atoms with van der Waals surface area (Å²) in [4.78, 5) is 22.2. The molecule has 0 aromatic rings. The van der Waals surface area contributed by atoms with E-state index in [2.05, 4.69) is 5.32 Å². The molecule has 0 aliphatic heterocycles. The molecule has 0 aliphatic carbocycles. The van der Waals surface area contributed by atoms with Crippen LogP contribution in [0.3, 0.4) is 0 Å². The molecule has 0 bridgehead atoms. The molecule has 0 saturated heterocycles. The number of nitrogens with one attached hydrogen (secondary N) is 1. The molecule has 4 nitrogen and oxygen atoms in total. The van der Waals surface area contributed by atoms with Crippen LogP contribution in [-0.4, -0.2) is 25.0 Å². The molecule has 0 aliphatic rings. The van der Waals surface area contributed by atoms with Crippen LogP contribution in [0, 0.1) is 0 Å². The third-order valence-corrected chi connectivity index (χ3v) is 2.08. The average molecular weight is 241 g/mol. The number of rotatable bonds is 8. The fraction of sp³-hybridized carbons (Fsp3) is 0.692. The van der Waals surface area contributed by atoms with Crippen molar-refractivity contribution in [1.29, 1.82) is 0 Å². The van der Waals surface area contributed by atoms with Crippen LogP contribution in [-0.2, 0) is 14.3 Å². The highest BCUT2D eigenvalue weighted by Gasteiger charge is 2.01. The summed E-state index contributed by atoms with van der Waals surface area (Å²) in [6, 6.07) is 0. The van der Waals surface area contributed by atoms with E-state index in [-0.39, 0.29) is 11.9 Å². The molecule has 98 valence electrons. The summed E-state index contributed by atoms with van der Waals surface area (Å²) < 4.78 is 4.81. The smallest absolute Gasteiger partial charge is 0.305 e. The molecule has 0 atom stereocenters. The SMILES string of the molecule is CCOC(=O)CCCCCNC(=O)C=C(C)C. The van der Waals surface area contributed by atoms with Gasteiger partial charge in [-0.1, -0.05) is 12.0 Å². The van der Waals surface area contributed by atoms with Gasteiger partial charge in [-0.3, -0.25) is 9.59 Å². The van der Waals surface area contributed by atoms with Crippen molar-refractivity contribution in [2.45, 2.75) is 46.5 Å². The third-order valence-electron chi connectivity index (χ3n) is 2.08. The number of esters is 1. The fourth-order valence-electron chi connectivity index (χ4n) is 1.33. The summed E-state index contributed by atoms with van der Waals surface area (Å²) in [5.41, 5.74) is 0.991. The Morgan fingerprint density at radius 1 is 1.18 bits per heavy atom. The van der Waals surface area contributed by atoms with Crippen LogP contribution in [0.25, 0.3) is 0 Å². The first-order chi connectivity index (χ1) is 8.06. The molecule has 0 fully saturated rings. The minimum Gasteiger partial charge on any atom is -0.466 e. The maximum absolute atomic E-state index is 11.2. The Morgan fingerprint density at radius 3 is 2.47 bits per heavy atom. The van der Waals surface area contributed by atoms with Crippen LogP contribution in [0.1, 0.15) is 46.5 Å². The molecule has 4 heteroatoms.